The Balaban J connectivity index is 1.80. The number of ether oxygens (including phenoxy) is 2. The fraction of sp³-hybridized carbons (Fsp3) is 0.348. The molecule has 1 aliphatic rings. The maximum atomic E-state index is 13.3. The molecule has 1 aromatic heterocycles. The molecule has 0 radical (unpaired) electrons. The lowest BCUT2D eigenvalue weighted by Crippen LogP contribution is -2.26. The van der Waals surface area contributed by atoms with Gasteiger partial charge in [-0.25, -0.2) is 8.42 Å². The van der Waals surface area contributed by atoms with Crippen molar-refractivity contribution in [3.8, 4) is 11.5 Å². The molecule has 31 heavy (non-hydrogen) atoms. The minimum Gasteiger partial charge on any atom is -0.497 e. The molecule has 8 heteroatoms. The lowest BCUT2D eigenvalue weighted by Gasteiger charge is -2.28. The number of carbonyl (C=O) groups excluding carboxylic acids is 1. The zero-order valence-electron chi connectivity index (χ0n) is 18.3. The number of nitrogens with one attached hydrogen (secondary N) is 2. The van der Waals surface area contributed by atoms with Crippen LogP contribution in [0, 0.1) is 12.3 Å². The number of benzene rings is 2. The van der Waals surface area contributed by atoms with Crippen molar-refractivity contribution in [2.45, 2.75) is 38.5 Å². The number of sulfonamides is 1. The van der Waals surface area contributed by atoms with Gasteiger partial charge in [-0.2, -0.15) is 0 Å². The first-order valence-corrected chi connectivity index (χ1v) is 11.5. The number of aromatic amines is 1. The quantitative estimate of drug-likeness (QED) is 0.608. The molecular formula is C23H26N2O5S. The molecule has 0 atom stereocenters. The van der Waals surface area contributed by atoms with Crippen molar-refractivity contribution in [3.63, 3.8) is 0 Å². The number of Topliss-reactive ketones (excluding diaryl/α,β-unsaturated/α-hetero) is 1. The Morgan fingerprint density at radius 1 is 1.06 bits per heavy atom. The molecule has 2 N–H and O–H groups in total. The van der Waals surface area contributed by atoms with E-state index in [4.69, 9.17) is 9.47 Å². The van der Waals surface area contributed by atoms with E-state index in [2.05, 4.69) is 23.6 Å². The van der Waals surface area contributed by atoms with Gasteiger partial charge in [0.15, 0.2) is 5.78 Å². The average Bonchev–Trinajstić information content (AvgIpc) is 3.02. The van der Waals surface area contributed by atoms with Crippen molar-refractivity contribution < 1.29 is 22.7 Å². The first-order chi connectivity index (χ1) is 14.5. The molecule has 0 unspecified atom stereocenters. The molecule has 7 nitrogen and oxygen atoms in total. The maximum absolute atomic E-state index is 13.3. The largest absolute Gasteiger partial charge is 0.497 e. The van der Waals surface area contributed by atoms with Gasteiger partial charge in [0.25, 0.3) is 10.0 Å². The summed E-state index contributed by atoms with van der Waals surface area (Å²) in [5, 5.41) is 0.769. The molecule has 0 aliphatic heterocycles. The van der Waals surface area contributed by atoms with Crippen molar-refractivity contribution in [1.29, 1.82) is 0 Å². The van der Waals surface area contributed by atoms with Gasteiger partial charge in [0.05, 0.1) is 24.8 Å². The van der Waals surface area contributed by atoms with E-state index >= 15 is 0 Å². The Morgan fingerprint density at radius 2 is 1.81 bits per heavy atom. The molecule has 3 aromatic rings. The van der Waals surface area contributed by atoms with E-state index in [0.29, 0.717) is 34.6 Å². The Morgan fingerprint density at radius 3 is 2.48 bits per heavy atom. The van der Waals surface area contributed by atoms with E-state index in [1.165, 1.54) is 14.2 Å². The molecule has 164 valence electrons. The molecule has 1 heterocycles. The van der Waals surface area contributed by atoms with Crippen LogP contribution in [-0.2, 0) is 16.4 Å². The van der Waals surface area contributed by atoms with Crippen LogP contribution >= 0.6 is 0 Å². The highest BCUT2D eigenvalue weighted by Crippen LogP contribution is 2.39. The highest BCUT2D eigenvalue weighted by molar-refractivity contribution is 7.92. The van der Waals surface area contributed by atoms with E-state index < -0.39 is 10.0 Å². The highest BCUT2D eigenvalue weighted by Gasteiger charge is 2.34. The van der Waals surface area contributed by atoms with E-state index in [9.17, 15) is 13.2 Å². The van der Waals surface area contributed by atoms with Crippen LogP contribution in [0.15, 0.2) is 35.2 Å². The van der Waals surface area contributed by atoms with Crippen molar-refractivity contribution in [3.05, 3.63) is 47.2 Å². The molecular weight excluding hydrogens is 416 g/mol. The number of H-pyrrole nitrogens is 1. The van der Waals surface area contributed by atoms with Crippen LogP contribution in [0.2, 0.25) is 0 Å². The predicted molar refractivity (Wildman–Crippen MR) is 120 cm³/mol. The molecule has 0 amide bonds. The predicted octanol–water partition coefficient (Wildman–Crippen LogP) is 4.45. The second-order valence-corrected chi connectivity index (χ2v) is 10.4. The molecule has 0 fully saturated rings. The Kier molecular flexibility index (Phi) is 5.00. The summed E-state index contributed by atoms with van der Waals surface area (Å²) in [6, 6.07) is 8.27. The number of aryl methyl sites for hydroxylation is 1. The van der Waals surface area contributed by atoms with Crippen LogP contribution in [-0.4, -0.2) is 33.4 Å². The lowest BCUT2D eigenvalue weighted by atomic mass is 9.76. The number of anilines is 1. The van der Waals surface area contributed by atoms with E-state index in [-0.39, 0.29) is 21.8 Å². The summed E-state index contributed by atoms with van der Waals surface area (Å²) >= 11 is 0. The molecule has 2 aromatic carbocycles. The zero-order chi connectivity index (χ0) is 22.6. The van der Waals surface area contributed by atoms with Gasteiger partial charge in [-0.05, 0) is 48.6 Å². The number of rotatable bonds is 5. The van der Waals surface area contributed by atoms with Crippen LogP contribution < -0.4 is 14.2 Å². The Hall–Kier alpha value is -3.00. The molecule has 0 spiro atoms. The van der Waals surface area contributed by atoms with Gasteiger partial charge in [0.2, 0.25) is 0 Å². The number of hydrogen-bond acceptors (Lipinski definition) is 5. The summed E-state index contributed by atoms with van der Waals surface area (Å²) in [5.41, 5.74) is 2.90. The summed E-state index contributed by atoms with van der Waals surface area (Å²) in [4.78, 5) is 16.2. The van der Waals surface area contributed by atoms with Crippen LogP contribution in [0.3, 0.4) is 0 Å². The second kappa shape index (κ2) is 7.30. The van der Waals surface area contributed by atoms with Gasteiger partial charge in [0, 0.05) is 34.6 Å². The molecule has 4 rings (SSSR count). The minimum absolute atomic E-state index is 0.0896. The van der Waals surface area contributed by atoms with Crippen LogP contribution in [0.1, 0.15) is 41.9 Å². The SMILES string of the molecule is COc1ccc(OC)c(NS(=O)(=O)c2cc3[nH]c4c(c3cc2C)C(=O)CC(C)(C)C4)c1. The fourth-order valence-corrected chi connectivity index (χ4v) is 5.60. The number of hydrogen-bond donors (Lipinski definition) is 2. The van der Waals surface area contributed by atoms with Crippen molar-refractivity contribution >= 4 is 32.4 Å². The fourth-order valence-electron chi connectivity index (χ4n) is 4.28. The topological polar surface area (TPSA) is 97.5 Å². The van der Waals surface area contributed by atoms with Gasteiger partial charge in [-0.1, -0.05) is 13.8 Å². The Labute approximate surface area is 181 Å². The normalized spacial score (nSPS) is 15.6. The number of aromatic nitrogens is 1. The molecule has 0 saturated heterocycles. The summed E-state index contributed by atoms with van der Waals surface area (Å²) in [6.45, 7) is 5.85. The van der Waals surface area contributed by atoms with Crippen LogP contribution in [0.4, 0.5) is 5.69 Å². The smallest absolute Gasteiger partial charge is 0.262 e. The van der Waals surface area contributed by atoms with Gasteiger partial charge in [-0.3, -0.25) is 9.52 Å². The first kappa shape index (κ1) is 21.2. The third-order valence-electron chi connectivity index (χ3n) is 5.69. The summed E-state index contributed by atoms with van der Waals surface area (Å²) in [6.07, 6.45) is 1.21. The third kappa shape index (κ3) is 3.76. The van der Waals surface area contributed by atoms with Crippen molar-refractivity contribution in [2.75, 3.05) is 18.9 Å². The number of fused-ring (bicyclic) bond motifs is 3. The molecule has 0 bridgehead atoms. The maximum Gasteiger partial charge on any atom is 0.262 e. The van der Waals surface area contributed by atoms with E-state index in [1.54, 1.807) is 37.3 Å². The van der Waals surface area contributed by atoms with Crippen LogP contribution in [0.5, 0.6) is 11.5 Å². The number of ketones is 1. The van der Waals surface area contributed by atoms with Crippen molar-refractivity contribution in [2.24, 2.45) is 5.41 Å². The first-order valence-electron chi connectivity index (χ1n) is 9.98. The summed E-state index contributed by atoms with van der Waals surface area (Å²) in [5.74, 6) is 0.974. The standard InChI is InChI=1S/C23H26N2O5S/c1-13-8-15-16(24-18-11-23(2,3)12-19(26)22(15)18)10-21(13)31(27,28)25-17-9-14(29-4)6-7-20(17)30-5/h6-10,24-25H,11-12H2,1-5H3. The van der Waals surface area contributed by atoms with Gasteiger partial charge in [0.1, 0.15) is 11.5 Å². The molecule has 0 saturated carbocycles. The third-order valence-corrected chi connectivity index (χ3v) is 7.19. The van der Waals surface area contributed by atoms with Crippen molar-refractivity contribution in [1.82, 2.24) is 4.98 Å². The Bertz CT molecular complexity index is 1310. The molecule has 1 aliphatic carbocycles. The summed E-state index contributed by atoms with van der Waals surface area (Å²) < 4.78 is 39.6. The van der Waals surface area contributed by atoms with Gasteiger partial charge < -0.3 is 14.5 Å². The summed E-state index contributed by atoms with van der Waals surface area (Å²) in [7, 11) is -0.943. The van der Waals surface area contributed by atoms with E-state index in [1.807, 2.05) is 0 Å². The average molecular weight is 443 g/mol. The van der Waals surface area contributed by atoms with Gasteiger partial charge in [-0.15, -0.1) is 0 Å². The minimum atomic E-state index is -3.92. The van der Waals surface area contributed by atoms with E-state index in [0.717, 1.165) is 17.5 Å². The number of carbonyl (C=O) groups is 1. The second-order valence-electron chi connectivity index (χ2n) is 8.75. The number of methoxy groups -OCH3 is 2. The van der Waals surface area contributed by atoms with Gasteiger partial charge >= 0.3 is 0 Å². The zero-order valence-corrected chi connectivity index (χ0v) is 19.1. The highest BCUT2D eigenvalue weighted by atomic mass is 32.2. The lowest BCUT2D eigenvalue weighted by molar-refractivity contribution is 0.0913. The van der Waals surface area contributed by atoms with Crippen LogP contribution in [0.25, 0.3) is 10.9 Å². The monoisotopic (exact) mass is 442 g/mol.